The van der Waals surface area contributed by atoms with Gasteiger partial charge in [0.1, 0.15) is 0 Å². The molecule has 5 rings (SSSR count). The summed E-state index contributed by atoms with van der Waals surface area (Å²) in [6, 6.07) is 14.4. The first kappa shape index (κ1) is 25.0. The fraction of sp³-hybridized carbons (Fsp3) is 0.115. The van der Waals surface area contributed by atoms with Crippen molar-refractivity contribution < 1.29 is 33.3 Å². The van der Waals surface area contributed by atoms with Gasteiger partial charge in [-0.2, -0.15) is 0 Å². The van der Waals surface area contributed by atoms with E-state index < -0.39 is 17.1 Å². The first-order valence-electron chi connectivity index (χ1n) is 10.8. The fourth-order valence-corrected chi connectivity index (χ4v) is 4.92. The van der Waals surface area contributed by atoms with Gasteiger partial charge >= 0.3 is 5.97 Å². The van der Waals surface area contributed by atoms with Crippen LogP contribution >= 0.6 is 35.0 Å². The molecule has 0 radical (unpaired) electrons. The van der Waals surface area contributed by atoms with Crippen LogP contribution in [0.25, 0.3) is 6.08 Å². The molecule has 1 saturated heterocycles. The number of carbonyl (C=O) groups is 3. The minimum Gasteiger partial charge on any atom is -0.493 e. The predicted octanol–water partition coefficient (Wildman–Crippen LogP) is 6.19. The quantitative estimate of drug-likeness (QED) is 0.201. The van der Waals surface area contributed by atoms with Gasteiger partial charge in [-0.15, -0.1) is 0 Å². The number of benzene rings is 3. The van der Waals surface area contributed by atoms with Gasteiger partial charge in [-0.25, -0.2) is 4.79 Å². The number of methoxy groups -OCH3 is 1. The van der Waals surface area contributed by atoms with Gasteiger partial charge in [0.25, 0.3) is 11.1 Å². The van der Waals surface area contributed by atoms with Gasteiger partial charge in [0, 0.05) is 16.1 Å². The van der Waals surface area contributed by atoms with Crippen molar-refractivity contribution in [1.82, 2.24) is 4.90 Å². The van der Waals surface area contributed by atoms with Crippen LogP contribution < -0.4 is 18.9 Å². The van der Waals surface area contributed by atoms with E-state index in [2.05, 4.69) is 0 Å². The van der Waals surface area contributed by atoms with Crippen LogP contribution in [0, 0.1) is 0 Å². The number of nitrogens with zero attached hydrogens (tertiary/aromatic N) is 1. The zero-order valence-electron chi connectivity index (χ0n) is 19.2. The molecule has 0 aromatic heterocycles. The Labute approximate surface area is 225 Å². The maximum atomic E-state index is 13.1. The maximum Gasteiger partial charge on any atom is 0.343 e. The zero-order valence-corrected chi connectivity index (χ0v) is 21.5. The minimum atomic E-state index is -0.626. The molecule has 3 aromatic carbocycles. The average molecular weight is 558 g/mol. The van der Waals surface area contributed by atoms with Crippen molar-refractivity contribution in [2.24, 2.45) is 0 Å². The molecular weight excluding hydrogens is 541 g/mol. The maximum absolute atomic E-state index is 13.1. The largest absolute Gasteiger partial charge is 0.493 e. The summed E-state index contributed by atoms with van der Waals surface area (Å²) in [6.45, 7) is 0.0558. The Morgan fingerprint density at radius 3 is 2.59 bits per heavy atom. The Morgan fingerprint density at radius 2 is 1.84 bits per heavy atom. The third-order valence-electron chi connectivity index (χ3n) is 5.49. The summed E-state index contributed by atoms with van der Waals surface area (Å²) in [7, 11) is 1.44. The molecule has 0 atom stereocenters. The SMILES string of the molecule is COc1ccc(/C=C2\SC(=O)N(Cc3cc4c(cc3Cl)OCO4)C2=O)cc1OC(=O)c1cccc(Cl)c1. The molecule has 37 heavy (non-hydrogen) atoms. The lowest BCUT2D eigenvalue weighted by Crippen LogP contribution is -2.27. The molecule has 0 saturated carbocycles. The lowest BCUT2D eigenvalue weighted by molar-refractivity contribution is -0.123. The van der Waals surface area contributed by atoms with Crippen molar-refractivity contribution in [3.63, 3.8) is 0 Å². The Bertz CT molecular complexity index is 1470. The van der Waals surface area contributed by atoms with Crippen molar-refractivity contribution in [1.29, 1.82) is 0 Å². The number of amides is 2. The number of hydrogen-bond acceptors (Lipinski definition) is 8. The normalized spacial score (nSPS) is 15.4. The van der Waals surface area contributed by atoms with E-state index in [4.69, 9.17) is 42.1 Å². The van der Waals surface area contributed by atoms with E-state index in [1.165, 1.54) is 13.2 Å². The van der Waals surface area contributed by atoms with Crippen LogP contribution in [0.3, 0.4) is 0 Å². The highest BCUT2D eigenvalue weighted by Crippen LogP contribution is 2.40. The number of rotatable bonds is 6. The Balaban J connectivity index is 1.36. The summed E-state index contributed by atoms with van der Waals surface area (Å²) in [5.41, 5.74) is 1.35. The molecule has 0 N–H and O–H groups in total. The van der Waals surface area contributed by atoms with Crippen LogP contribution in [0.15, 0.2) is 59.5 Å². The average Bonchev–Trinajstić information content (AvgIpc) is 3.43. The first-order valence-corrected chi connectivity index (χ1v) is 12.4. The molecule has 0 bridgehead atoms. The van der Waals surface area contributed by atoms with Crippen LogP contribution in [-0.2, 0) is 11.3 Å². The number of thioether (sulfide) groups is 1. The van der Waals surface area contributed by atoms with Gasteiger partial charge in [0.15, 0.2) is 23.0 Å². The summed E-state index contributed by atoms with van der Waals surface area (Å²) in [6.07, 6.45) is 1.54. The second-order valence-electron chi connectivity index (χ2n) is 7.87. The highest BCUT2D eigenvalue weighted by Gasteiger charge is 2.36. The third-order valence-corrected chi connectivity index (χ3v) is 6.99. The lowest BCUT2D eigenvalue weighted by atomic mass is 10.1. The molecule has 188 valence electrons. The molecular formula is C26H17Cl2NO7S. The standard InChI is InChI=1S/C26H17Cl2NO7S/c1-33-19-6-5-14(7-22(19)36-25(31)15-3-2-4-17(27)9-15)8-23-24(30)29(26(32)37-23)12-16-10-20-21(11-18(16)28)35-13-34-20/h2-11H,12-13H2,1H3/b23-8-. The fourth-order valence-electron chi connectivity index (χ4n) is 3.68. The van der Waals surface area contributed by atoms with Crippen molar-refractivity contribution in [3.8, 4) is 23.0 Å². The smallest absolute Gasteiger partial charge is 0.343 e. The van der Waals surface area contributed by atoms with Gasteiger partial charge in [-0.05, 0) is 65.4 Å². The molecule has 0 spiro atoms. The van der Waals surface area contributed by atoms with E-state index in [0.717, 1.165) is 16.7 Å². The van der Waals surface area contributed by atoms with E-state index in [-0.39, 0.29) is 29.6 Å². The number of imide groups is 1. The Morgan fingerprint density at radius 1 is 1.05 bits per heavy atom. The van der Waals surface area contributed by atoms with E-state index in [1.807, 2.05) is 0 Å². The molecule has 0 unspecified atom stereocenters. The van der Waals surface area contributed by atoms with Crippen LogP contribution in [0.4, 0.5) is 4.79 Å². The monoisotopic (exact) mass is 557 g/mol. The summed E-state index contributed by atoms with van der Waals surface area (Å²) in [4.78, 5) is 39.6. The summed E-state index contributed by atoms with van der Waals surface area (Å²) < 4.78 is 21.5. The van der Waals surface area contributed by atoms with Crippen LogP contribution in [0.2, 0.25) is 10.0 Å². The van der Waals surface area contributed by atoms with Crippen LogP contribution in [0.1, 0.15) is 21.5 Å². The number of halogens is 2. The number of carbonyl (C=O) groups excluding carboxylic acids is 3. The molecule has 2 aliphatic heterocycles. The molecule has 2 heterocycles. The molecule has 3 aromatic rings. The second kappa shape index (κ2) is 10.4. The Hall–Kier alpha value is -3.66. The molecule has 1 fully saturated rings. The topological polar surface area (TPSA) is 91.4 Å². The van der Waals surface area contributed by atoms with Crippen LogP contribution in [0.5, 0.6) is 23.0 Å². The summed E-state index contributed by atoms with van der Waals surface area (Å²) in [5.74, 6) is 0.371. The summed E-state index contributed by atoms with van der Waals surface area (Å²) >= 11 is 13.1. The van der Waals surface area contributed by atoms with Crippen LogP contribution in [-0.4, -0.2) is 35.9 Å². The molecule has 0 aliphatic carbocycles. The van der Waals surface area contributed by atoms with Gasteiger partial charge in [0.2, 0.25) is 6.79 Å². The molecule has 2 aliphatic rings. The minimum absolute atomic E-state index is 0.0252. The van der Waals surface area contributed by atoms with Crippen molar-refractivity contribution in [3.05, 3.63) is 86.2 Å². The predicted molar refractivity (Wildman–Crippen MR) is 138 cm³/mol. The molecule has 2 amide bonds. The number of esters is 1. The zero-order chi connectivity index (χ0) is 26.1. The van der Waals surface area contributed by atoms with E-state index in [9.17, 15) is 14.4 Å². The molecule has 11 heteroatoms. The van der Waals surface area contributed by atoms with Crippen molar-refractivity contribution in [2.45, 2.75) is 6.54 Å². The van der Waals surface area contributed by atoms with Gasteiger partial charge in [0.05, 0.1) is 24.1 Å². The van der Waals surface area contributed by atoms with Gasteiger partial charge in [-0.3, -0.25) is 14.5 Å². The van der Waals surface area contributed by atoms with E-state index in [1.54, 1.807) is 54.6 Å². The third kappa shape index (κ3) is 5.24. The molecule has 8 nitrogen and oxygen atoms in total. The van der Waals surface area contributed by atoms with Gasteiger partial charge in [-0.1, -0.05) is 35.3 Å². The number of ether oxygens (including phenoxy) is 4. The highest BCUT2D eigenvalue weighted by atomic mass is 35.5. The van der Waals surface area contributed by atoms with Crippen molar-refractivity contribution in [2.75, 3.05) is 13.9 Å². The lowest BCUT2D eigenvalue weighted by Gasteiger charge is -2.14. The first-order chi connectivity index (χ1) is 17.8. The Kier molecular flexibility index (Phi) is 7.01. The van der Waals surface area contributed by atoms with Crippen molar-refractivity contribution >= 4 is 58.2 Å². The number of fused-ring (bicyclic) bond motifs is 1. The number of hydrogen-bond donors (Lipinski definition) is 0. The van der Waals surface area contributed by atoms with E-state index >= 15 is 0 Å². The van der Waals surface area contributed by atoms with E-state index in [0.29, 0.717) is 38.4 Å². The second-order valence-corrected chi connectivity index (χ2v) is 9.71. The highest BCUT2D eigenvalue weighted by molar-refractivity contribution is 8.18. The summed E-state index contributed by atoms with van der Waals surface area (Å²) in [5, 5.41) is 0.313. The van der Waals surface area contributed by atoms with Gasteiger partial charge < -0.3 is 18.9 Å².